The molecule has 0 aromatic carbocycles. The number of thioether (sulfide) groups is 1. The molecule has 1 N–H and O–H groups in total. The number of aryl methyl sites for hydroxylation is 1. The van der Waals surface area contributed by atoms with Crippen molar-refractivity contribution in [3.05, 3.63) is 12.4 Å². The molecule has 0 amide bonds. The summed E-state index contributed by atoms with van der Waals surface area (Å²) in [6.45, 7) is 5.43. The quantitative estimate of drug-likeness (QED) is 0.732. The zero-order valence-electron chi connectivity index (χ0n) is 9.16. The zero-order valence-corrected chi connectivity index (χ0v) is 9.97. The lowest BCUT2D eigenvalue weighted by molar-refractivity contribution is 0.556. The molecule has 0 fully saturated rings. The average Bonchev–Trinajstić information content (AvgIpc) is 2.52. The van der Waals surface area contributed by atoms with Crippen LogP contribution in [0.5, 0.6) is 0 Å². The smallest absolute Gasteiger partial charge is 0.0625 e. The second-order valence-electron chi connectivity index (χ2n) is 3.45. The van der Waals surface area contributed by atoms with Crippen LogP contribution in [0.1, 0.15) is 20.3 Å². The molecule has 3 nitrogen and oxygen atoms in total. The lowest BCUT2D eigenvalue weighted by atomic mass is 10.3. The van der Waals surface area contributed by atoms with Gasteiger partial charge in [-0.1, -0.05) is 6.92 Å². The van der Waals surface area contributed by atoms with Gasteiger partial charge in [-0.3, -0.25) is 4.68 Å². The van der Waals surface area contributed by atoms with Gasteiger partial charge in [0, 0.05) is 24.2 Å². The lowest BCUT2D eigenvalue weighted by Crippen LogP contribution is -2.25. The monoisotopic (exact) mass is 213 g/mol. The van der Waals surface area contributed by atoms with E-state index >= 15 is 0 Å². The number of nitrogens with zero attached hydrogens (tertiary/aromatic N) is 2. The molecule has 1 rings (SSSR count). The van der Waals surface area contributed by atoms with Crippen LogP contribution in [0, 0.1) is 0 Å². The second-order valence-corrected chi connectivity index (χ2v) is 4.61. The molecule has 4 heteroatoms. The molecule has 0 radical (unpaired) electrons. The molecule has 0 saturated heterocycles. The summed E-state index contributed by atoms with van der Waals surface area (Å²) in [4.78, 5) is 1.26. The zero-order chi connectivity index (χ0) is 10.4. The molecule has 1 aromatic heterocycles. The summed E-state index contributed by atoms with van der Waals surface area (Å²) in [5.41, 5.74) is 0. The van der Waals surface area contributed by atoms with Crippen molar-refractivity contribution >= 4 is 11.8 Å². The van der Waals surface area contributed by atoms with Gasteiger partial charge in [0.25, 0.3) is 0 Å². The molecule has 0 bridgehead atoms. The van der Waals surface area contributed by atoms with Crippen molar-refractivity contribution in [2.45, 2.75) is 31.2 Å². The van der Waals surface area contributed by atoms with Gasteiger partial charge in [0.05, 0.1) is 6.20 Å². The van der Waals surface area contributed by atoms with Gasteiger partial charge in [0.2, 0.25) is 0 Å². The number of rotatable bonds is 6. The Hall–Kier alpha value is -0.480. The van der Waals surface area contributed by atoms with E-state index in [9.17, 15) is 0 Å². The first-order valence-corrected chi connectivity index (χ1v) is 6.05. The third-order valence-corrected chi connectivity index (χ3v) is 3.04. The molecule has 0 saturated carbocycles. The molecule has 1 heterocycles. The van der Waals surface area contributed by atoms with E-state index in [1.54, 1.807) is 0 Å². The second kappa shape index (κ2) is 6.09. The minimum atomic E-state index is 0.615. The van der Waals surface area contributed by atoms with E-state index in [0.717, 1.165) is 12.3 Å². The van der Waals surface area contributed by atoms with E-state index < -0.39 is 0 Å². The fraction of sp³-hybridized carbons (Fsp3) is 0.700. The van der Waals surface area contributed by atoms with Crippen molar-refractivity contribution in [3.8, 4) is 0 Å². The van der Waals surface area contributed by atoms with E-state index in [4.69, 9.17) is 0 Å². The summed E-state index contributed by atoms with van der Waals surface area (Å²) < 4.78 is 1.84. The average molecular weight is 213 g/mol. The Morgan fingerprint density at radius 1 is 1.64 bits per heavy atom. The molecule has 1 aromatic rings. The molecule has 1 unspecified atom stereocenters. The fourth-order valence-corrected chi connectivity index (χ4v) is 2.33. The summed E-state index contributed by atoms with van der Waals surface area (Å²) in [5.74, 6) is 1.15. The topological polar surface area (TPSA) is 29.9 Å². The van der Waals surface area contributed by atoms with Gasteiger partial charge in [-0.05, 0) is 25.6 Å². The molecule has 0 aliphatic rings. The minimum Gasteiger partial charge on any atom is -0.315 e. The fourth-order valence-electron chi connectivity index (χ4n) is 1.28. The van der Waals surface area contributed by atoms with E-state index in [-0.39, 0.29) is 0 Å². The first-order valence-electron chi connectivity index (χ1n) is 5.07. The van der Waals surface area contributed by atoms with E-state index in [1.165, 1.54) is 11.3 Å². The molecule has 14 heavy (non-hydrogen) atoms. The highest BCUT2D eigenvalue weighted by atomic mass is 32.2. The van der Waals surface area contributed by atoms with Crippen molar-refractivity contribution in [2.75, 3.05) is 12.3 Å². The molecule has 80 valence electrons. The number of hydrogen-bond donors (Lipinski definition) is 1. The summed E-state index contributed by atoms with van der Waals surface area (Å²) in [6, 6.07) is 0.615. The molecule has 0 aliphatic carbocycles. The van der Waals surface area contributed by atoms with Crippen LogP contribution in [-0.4, -0.2) is 28.1 Å². The summed E-state index contributed by atoms with van der Waals surface area (Å²) >= 11 is 1.87. The molecule has 1 atom stereocenters. The first-order chi connectivity index (χ1) is 6.72. The van der Waals surface area contributed by atoms with Gasteiger partial charge in [-0.15, -0.1) is 11.8 Å². The van der Waals surface area contributed by atoms with Crippen LogP contribution in [-0.2, 0) is 7.05 Å². The Morgan fingerprint density at radius 3 is 3.00 bits per heavy atom. The third kappa shape index (κ3) is 4.15. The molecular weight excluding hydrogens is 194 g/mol. The van der Waals surface area contributed by atoms with Crippen LogP contribution in [0.3, 0.4) is 0 Å². The Morgan fingerprint density at radius 2 is 2.43 bits per heavy atom. The standard InChI is InChI=1S/C10H19N3S/c1-4-11-9(2)5-6-14-10-7-12-13(3)8-10/h7-9,11H,4-6H2,1-3H3. The Bertz CT molecular complexity index is 260. The third-order valence-electron chi connectivity index (χ3n) is 2.05. The van der Waals surface area contributed by atoms with Crippen LogP contribution >= 0.6 is 11.8 Å². The number of nitrogens with one attached hydrogen (secondary N) is 1. The molecular formula is C10H19N3S. The summed E-state index contributed by atoms with van der Waals surface area (Å²) in [6.07, 6.45) is 5.18. The highest BCUT2D eigenvalue weighted by Crippen LogP contribution is 2.17. The maximum atomic E-state index is 4.13. The van der Waals surface area contributed by atoms with Crippen molar-refractivity contribution in [1.82, 2.24) is 15.1 Å². The van der Waals surface area contributed by atoms with Gasteiger partial charge >= 0.3 is 0 Å². The largest absolute Gasteiger partial charge is 0.315 e. The first kappa shape index (κ1) is 11.6. The molecule has 0 aliphatic heterocycles. The summed E-state index contributed by atoms with van der Waals surface area (Å²) in [7, 11) is 1.95. The van der Waals surface area contributed by atoms with Gasteiger partial charge in [-0.2, -0.15) is 5.10 Å². The highest BCUT2D eigenvalue weighted by Gasteiger charge is 2.01. The number of hydrogen-bond acceptors (Lipinski definition) is 3. The van der Waals surface area contributed by atoms with E-state index in [0.29, 0.717) is 6.04 Å². The van der Waals surface area contributed by atoms with Crippen LogP contribution in [0.15, 0.2) is 17.3 Å². The Labute approximate surface area is 90.3 Å². The SMILES string of the molecule is CCNC(C)CCSc1cnn(C)c1. The summed E-state index contributed by atoms with van der Waals surface area (Å²) in [5, 5.41) is 7.53. The number of aromatic nitrogens is 2. The van der Waals surface area contributed by atoms with Crippen LogP contribution in [0.4, 0.5) is 0 Å². The van der Waals surface area contributed by atoms with E-state index in [1.807, 2.05) is 29.7 Å². The van der Waals surface area contributed by atoms with Gasteiger partial charge < -0.3 is 5.32 Å². The van der Waals surface area contributed by atoms with Crippen molar-refractivity contribution in [1.29, 1.82) is 0 Å². The molecule has 0 spiro atoms. The van der Waals surface area contributed by atoms with Crippen LogP contribution in [0.2, 0.25) is 0 Å². The Balaban J connectivity index is 2.15. The van der Waals surface area contributed by atoms with Gasteiger partial charge in [0.1, 0.15) is 0 Å². The Kier molecular flexibility index (Phi) is 5.04. The van der Waals surface area contributed by atoms with Crippen molar-refractivity contribution in [3.63, 3.8) is 0 Å². The van der Waals surface area contributed by atoms with Gasteiger partial charge in [-0.25, -0.2) is 0 Å². The maximum absolute atomic E-state index is 4.13. The minimum absolute atomic E-state index is 0.615. The van der Waals surface area contributed by atoms with E-state index in [2.05, 4.69) is 30.5 Å². The van der Waals surface area contributed by atoms with Crippen molar-refractivity contribution in [2.24, 2.45) is 7.05 Å². The van der Waals surface area contributed by atoms with Crippen molar-refractivity contribution < 1.29 is 0 Å². The lowest BCUT2D eigenvalue weighted by Gasteiger charge is -2.10. The normalized spacial score (nSPS) is 13.1. The van der Waals surface area contributed by atoms with Gasteiger partial charge in [0.15, 0.2) is 0 Å². The predicted molar refractivity (Wildman–Crippen MR) is 61.7 cm³/mol. The maximum Gasteiger partial charge on any atom is 0.0625 e. The predicted octanol–water partition coefficient (Wildman–Crippen LogP) is 1.90. The van der Waals surface area contributed by atoms with Crippen LogP contribution < -0.4 is 5.32 Å². The highest BCUT2D eigenvalue weighted by molar-refractivity contribution is 7.99. The van der Waals surface area contributed by atoms with Crippen LogP contribution in [0.25, 0.3) is 0 Å².